The molecule has 46 heavy (non-hydrogen) atoms. The maximum Gasteiger partial charge on any atom is 0.339 e. The molecule has 4 N–H and O–H groups in total. The van der Waals surface area contributed by atoms with Crippen molar-refractivity contribution in [1.82, 2.24) is 9.55 Å². The number of methoxy groups -OCH3 is 1. The molecule has 0 spiro atoms. The third-order valence-electron chi connectivity index (χ3n) is 7.40. The first-order valence-electron chi connectivity index (χ1n) is 14.6. The number of carbonyl (C=O) groups is 3. The minimum absolute atomic E-state index is 0.0993. The van der Waals surface area contributed by atoms with Gasteiger partial charge in [0.25, 0.3) is 5.91 Å². The zero-order valence-corrected chi connectivity index (χ0v) is 25.5. The van der Waals surface area contributed by atoms with Gasteiger partial charge in [-0.2, -0.15) is 0 Å². The summed E-state index contributed by atoms with van der Waals surface area (Å²) in [6.45, 7) is 3.72. The lowest BCUT2D eigenvalue weighted by Gasteiger charge is -2.20. The number of aliphatic hydroxyl groups is 2. The van der Waals surface area contributed by atoms with Crippen LogP contribution in [-0.4, -0.2) is 62.0 Å². The largest absolute Gasteiger partial charge is 0.481 e. The molecule has 10 nitrogen and oxygen atoms in total. The molecule has 0 bridgehead atoms. The van der Waals surface area contributed by atoms with Gasteiger partial charge in [-0.25, -0.2) is 18.6 Å². The Morgan fingerprint density at radius 1 is 0.891 bits per heavy atom. The van der Waals surface area contributed by atoms with Gasteiger partial charge in [0.1, 0.15) is 23.1 Å². The van der Waals surface area contributed by atoms with Crippen LogP contribution in [0.2, 0.25) is 0 Å². The van der Waals surface area contributed by atoms with E-state index in [1.54, 1.807) is 16.7 Å². The highest BCUT2D eigenvalue weighted by Crippen LogP contribution is 2.43. The SMILES string of the molecule is COC(=O)c1ccc(NC(=O)c2c(-c3ccc(F)cc3)c(-c3ccc(F)cc3)c(CCC(O)CC(O)CC(=O)O)n2C(C)C)nc1. The summed E-state index contributed by atoms with van der Waals surface area (Å²) in [6, 6.07) is 13.9. The number of carbonyl (C=O) groups excluding carboxylic acids is 2. The monoisotopic (exact) mass is 635 g/mol. The number of ether oxygens (including phenoxy) is 1. The molecule has 0 aliphatic carbocycles. The van der Waals surface area contributed by atoms with Gasteiger partial charge in [-0.05, 0) is 80.6 Å². The van der Waals surface area contributed by atoms with E-state index in [2.05, 4.69) is 10.3 Å². The van der Waals surface area contributed by atoms with E-state index in [0.717, 1.165) is 0 Å². The molecule has 1 amide bonds. The summed E-state index contributed by atoms with van der Waals surface area (Å²) < 4.78 is 34.7. The number of carboxylic acid groups (broad SMARTS) is 1. The topological polar surface area (TPSA) is 151 Å². The number of rotatable bonds is 13. The first-order chi connectivity index (χ1) is 21.9. The van der Waals surface area contributed by atoms with Crippen molar-refractivity contribution in [3.63, 3.8) is 0 Å². The van der Waals surface area contributed by atoms with Crippen LogP contribution in [0.4, 0.5) is 14.6 Å². The maximum atomic E-state index is 14.2. The van der Waals surface area contributed by atoms with Gasteiger partial charge in [0, 0.05) is 29.1 Å². The maximum absolute atomic E-state index is 14.2. The molecule has 2 aromatic carbocycles. The van der Waals surface area contributed by atoms with Gasteiger partial charge in [-0.15, -0.1) is 0 Å². The number of amides is 1. The Morgan fingerprint density at radius 3 is 1.98 bits per heavy atom. The number of carboxylic acids is 1. The minimum atomic E-state index is -1.25. The van der Waals surface area contributed by atoms with Crippen LogP contribution in [0.15, 0.2) is 66.9 Å². The fraction of sp³-hybridized carbons (Fsp3) is 0.294. The summed E-state index contributed by atoms with van der Waals surface area (Å²) in [7, 11) is 1.24. The van der Waals surface area contributed by atoms with E-state index < -0.39 is 48.1 Å². The van der Waals surface area contributed by atoms with Gasteiger partial charge in [0.2, 0.25) is 0 Å². The Bertz CT molecular complexity index is 1690. The highest BCUT2D eigenvalue weighted by Gasteiger charge is 2.31. The molecule has 0 aliphatic heterocycles. The molecule has 12 heteroatoms. The molecule has 4 aromatic rings. The van der Waals surface area contributed by atoms with Gasteiger partial charge >= 0.3 is 11.9 Å². The first kappa shape index (κ1) is 33.9. The van der Waals surface area contributed by atoms with E-state index in [-0.39, 0.29) is 42.4 Å². The molecule has 4 rings (SSSR count). The molecule has 0 aliphatic rings. The van der Waals surface area contributed by atoms with Gasteiger partial charge in [0.15, 0.2) is 0 Å². The van der Waals surface area contributed by atoms with Crippen LogP contribution in [0.25, 0.3) is 22.3 Å². The van der Waals surface area contributed by atoms with Crippen LogP contribution in [0, 0.1) is 11.6 Å². The minimum Gasteiger partial charge on any atom is -0.481 e. The van der Waals surface area contributed by atoms with Crippen LogP contribution in [0.1, 0.15) is 65.7 Å². The van der Waals surface area contributed by atoms with E-state index in [1.165, 1.54) is 61.8 Å². The van der Waals surface area contributed by atoms with E-state index in [9.17, 15) is 33.4 Å². The summed E-state index contributed by atoms with van der Waals surface area (Å²) in [5, 5.41) is 32.6. The Kier molecular flexibility index (Phi) is 11.0. The van der Waals surface area contributed by atoms with Crippen molar-refractivity contribution >= 4 is 23.7 Å². The standard InChI is InChI=1S/C34H35F2N3O7/c1-19(2)39-27(14-13-25(40)16-26(41)17-29(42)43)30(20-4-9-23(35)10-5-20)31(21-6-11-24(36)12-7-21)32(39)33(44)38-28-15-8-22(18-37-28)34(45)46-3/h4-12,15,18-19,25-26,40-41H,13-14,16-17H2,1-3H3,(H,42,43)(H,37,38,44). The number of hydrogen-bond donors (Lipinski definition) is 4. The summed E-state index contributed by atoms with van der Waals surface area (Å²) >= 11 is 0. The number of benzene rings is 2. The zero-order valence-electron chi connectivity index (χ0n) is 25.5. The van der Waals surface area contributed by atoms with Crippen LogP contribution in [-0.2, 0) is 16.0 Å². The van der Waals surface area contributed by atoms with Crippen molar-refractivity contribution in [2.75, 3.05) is 12.4 Å². The van der Waals surface area contributed by atoms with E-state index in [0.29, 0.717) is 27.9 Å². The molecule has 2 heterocycles. The summed E-state index contributed by atoms with van der Waals surface area (Å²) in [4.78, 5) is 41.2. The third kappa shape index (κ3) is 8.01. The molecular weight excluding hydrogens is 600 g/mol. The lowest BCUT2D eigenvalue weighted by atomic mass is 9.92. The number of nitrogens with zero attached hydrogens (tertiary/aromatic N) is 2. The number of aliphatic carboxylic acids is 1. The first-order valence-corrected chi connectivity index (χ1v) is 14.6. The Hall–Kier alpha value is -4.94. The van der Waals surface area contributed by atoms with Crippen molar-refractivity contribution in [2.24, 2.45) is 0 Å². The molecule has 0 radical (unpaired) electrons. The van der Waals surface area contributed by atoms with E-state index in [4.69, 9.17) is 9.84 Å². The zero-order chi connectivity index (χ0) is 33.5. The number of pyridine rings is 1. The van der Waals surface area contributed by atoms with Gasteiger partial charge in [-0.3, -0.25) is 9.59 Å². The number of anilines is 1. The number of hydrogen-bond acceptors (Lipinski definition) is 7. The number of halogens is 2. The van der Waals surface area contributed by atoms with Crippen molar-refractivity contribution in [3.05, 3.63) is 95.4 Å². The van der Waals surface area contributed by atoms with Crippen LogP contribution >= 0.6 is 0 Å². The fourth-order valence-corrected chi connectivity index (χ4v) is 5.40. The Balaban J connectivity index is 1.89. The van der Waals surface area contributed by atoms with Crippen molar-refractivity contribution in [3.8, 4) is 22.3 Å². The van der Waals surface area contributed by atoms with Gasteiger partial charge in [0.05, 0.1) is 31.3 Å². The van der Waals surface area contributed by atoms with Crippen LogP contribution in [0.3, 0.4) is 0 Å². The smallest absolute Gasteiger partial charge is 0.339 e. The second-order valence-electron chi connectivity index (χ2n) is 11.1. The van der Waals surface area contributed by atoms with Gasteiger partial charge < -0.3 is 29.9 Å². The second-order valence-corrected chi connectivity index (χ2v) is 11.1. The average Bonchev–Trinajstić information content (AvgIpc) is 3.36. The molecule has 0 saturated heterocycles. The quantitative estimate of drug-likeness (QED) is 0.138. The molecule has 2 atom stereocenters. The van der Waals surface area contributed by atoms with E-state index >= 15 is 0 Å². The van der Waals surface area contributed by atoms with Crippen LogP contribution in [0.5, 0.6) is 0 Å². The average molecular weight is 636 g/mol. The Labute approximate surface area is 264 Å². The lowest BCUT2D eigenvalue weighted by molar-refractivity contribution is -0.139. The number of nitrogens with one attached hydrogen (secondary N) is 1. The molecule has 0 saturated carbocycles. The summed E-state index contributed by atoms with van der Waals surface area (Å²) in [5.74, 6) is -3.17. The summed E-state index contributed by atoms with van der Waals surface area (Å²) in [5.41, 5.74) is 3.02. The fourth-order valence-electron chi connectivity index (χ4n) is 5.40. The third-order valence-corrected chi connectivity index (χ3v) is 7.40. The van der Waals surface area contributed by atoms with Crippen LogP contribution < -0.4 is 5.32 Å². The number of esters is 1. The van der Waals surface area contributed by atoms with Gasteiger partial charge in [-0.1, -0.05) is 24.3 Å². The highest BCUT2D eigenvalue weighted by molar-refractivity contribution is 6.11. The summed E-state index contributed by atoms with van der Waals surface area (Å²) in [6.07, 6.45) is -1.48. The highest BCUT2D eigenvalue weighted by atomic mass is 19.1. The Morgan fingerprint density at radius 2 is 1.48 bits per heavy atom. The molecule has 0 fully saturated rings. The number of aliphatic hydroxyl groups excluding tert-OH is 2. The predicted octanol–water partition coefficient (Wildman–Crippen LogP) is 5.63. The molecule has 2 unspecified atom stereocenters. The molecule has 2 aromatic heterocycles. The number of aromatic nitrogens is 2. The lowest BCUT2D eigenvalue weighted by Crippen LogP contribution is -2.23. The molecular formula is C34H35F2N3O7. The van der Waals surface area contributed by atoms with Crippen molar-refractivity contribution < 1.29 is 43.2 Å². The van der Waals surface area contributed by atoms with Crippen molar-refractivity contribution in [2.45, 2.75) is 57.8 Å². The second kappa shape index (κ2) is 14.9. The van der Waals surface area contributed by atoms with Crippen molar-refractivity contribution in [1.29, 1.82) is 0 Å². The van der Waals surface area contributed by atoms with E-state index in [1.807, 2.05) is 13.8 Å². The normalized spacial score (nSPS) is 12.5. The molecule has 242 valence electrons. The predicted molar refractivity (Wildman–Crippen MR) is 166 cm³/mol.